The normalized spacial score (nSPS) is 25.0. The lowest BCUT2D eigenvalue weighted by Crippen LogP contribution is -2.11. The van der Waals surface area contributed by atoms with Gasteiger partial charge in [0.2, 0.25) is 0 Å². The summed E-state index contributed by atoms with van der Waals surface area (Å²) in [5.41, 5.74) is 1.63. The smallest absolute Gasteiger partial charge is 0.217 e. The molecule has 0 amide bonds. The summed E-state index contributed by atoms with van der Waals surface area (Å²) in [7, 11) is 0. The molecule has 0 saturated heterocycles. The number of hydrogen-bond donors (Lipinski definition) is 0. The van der Waals surface area contributed by atoms with Crippen LogP contribution in [0.4, 0.5) is 0 Å². The summed E-state index contributed by atoms with van der Waals surface area (Å²) in [5.74, 6) is 4.89. The van der Waals surface area contributed by atoms with Crippen LogP contribution >= 0.6 is 0 Å². The molecule has 0 aromatic carbocycles. The molecule has 0 atom stereocenters. The fraction of sp³-hybridized carbons (Fsp3) is 0.783. The summed E-state index contributed by atoms with van der Waals surface area (Å²) in [6.45, 7) is 0. The first-order valence-electron chi connectivity index (χ1n) is 10.9. The van der Waals surface area contributed by atoms with E-state index in [-0.39, 0.29) is 0 Å². The molecule has 24 heavy (non-hydrogen) atoms. The largest absolute Gasteiger partial charge is 0.332 e. The third kappa shape index (κ3) is 3.86. The van der Waals surface area contributed by atoms with Crippen molar-refractivity contribution in [3.05, 3.63) is 29.2 Å². The SMILES string of the molecule is c1c(C2CCCCC2)cc(C2CCCCC2)[o+]c1C1CCCCC1. The van der Waals surface area contributed by atoms with Gasteiger partial charge in [-0.3, -0.25) is 0 Å². The van der Waals surface area contributed by atoms with Crippen LogP contribution in [0.2, 0.25) is 0 Å². The first kappa shape index (κ1) is 16.6. The van der Waals surface area contributed by atoms with E-state index < -0.39 is 0 Å². The third-order valence-electron chi connectivity index (χ3n) is 6.95. The highest BCUT2D eigenvalue weighted by Gasteiger charge is 2.32. The van der Waals surface area contributed by atoms with E-state index in [0.29, 0.717) is 11.8 Å². The van der Waals surface area contributed by atoms with Gasteiger partial charge in [0.15, 0.2) is 0 Å². The van der Waals surface area contributed by atoms with E-state index >= 15 is 0 Å². The minimum absolute atomic E-state index is 0.699. The molecule has 0 N–H and O–H groups in total. The lowest BCUT2D eigenvalue weighted by Gasteiger charge is -2.23. The second-order valence-corrected chi connectivity index (χ2v) is 8.70. The van der Waals surface area contributed by atoms with Crippen molar-refractivity contribution in [3.63, 3.8) is 0 Å². The van der Waals surface area contributed by atoms with Crippen molar-refractivity contribution in [2.75, 3.05) is 0 Å². The van der Waals surface area contributed by atoms with Crippen LogP contribution in [0.25, 0.3) is 0 Å². The van der Waals surface area contributed by atoms with E-state index in [1.165, 1.54) is 108 Å². The lowest BCUT2D eigenvalue weighted by atomic mass is 9.80. The van der Waals surface area contributed by atoms with Crippen LogP contribution in [-0.4, -0.2) is 0 Å². The summed E-state index contributed by atoms with van der Waals surface area (Å²) in [6, 6.07) is 4.97. The molecule has 1 aromatic rings. The molecule has 1 heterocycles. The zero-order valence-corrected chi connectivity index (χ0v) is 15.4. The zero-order valence-electron chi connectivity index (χ0n) is 15.4. The fourth-order valence-electron chi connectivity index (χ4n) is 5.41. The Labute approximate surface area is 148 Å². The molecule has 3 aliphatic rings. The van der Waals surface area contributed by atoms with Crippen molar-refractivity contribution < 1.29 is 4.42 Å². The van der Waals surface area contributed by atoms with Gasteiger partial charge in [0.05, 0.1) is 11.8 Å². The van der Waals surface area contributed by atoms with Crippen LogP contribution in [-0.2, 0) is 0 Å². The van der Waals surface area contributed by atoms with Crippen LogP contribution in [0.15, 0.2) is 16.5 Å². The highest BCUT2D eigenvalue weighted by atomic mass is 16.3. The first-order valence-corrected chi connectivity index (χ1v) is 10.9. The van der Waals surface area contributed by atoms with E-state index in [0.717, 1.165) is 5.92 Å². The van der Waals surface area contributed by atoms with Crippen molar-refractivity contribution in [2.24, 2.45) is 0 Å². The van der Waals surface area contributed by atoms with Crippen LogP contribution in [0, 0.1) is 0 Å². The summed E-state index contributed by atoms with van der Waals surface area (Å²) < 4.78 is 6.59. The Balaban J connectivity index is 1.63. The zero-order chi connectivity index (χ0) is 16.2. The molecule has 0 unspecified atom stereocenters. The van der Waals surface area contributed by atoms with Crippen molar-refractivity contribution >= 4 is 0 Å². The maximum atomic E-state index is 6.59. The molecule has 132 valence electrons. The van der Waals surface area contributed by atoms with Gasteiger partial charge in [-0.1, -0.05) is 57.8 Å². The second-order valence-electron chi connectivity index (χ2n) is 8.70. The predicted octanol–water partition coefficient (Wildman–Crippen LogP) is 7.70. The van der Waals surface area contributed by atoms with Gasteiger partial charge in [-0.2, -0.15) is 0 Å². The fourth-order valence-corrected chi connectivity index (χ4v) is 5.41. The summed E-state index contributed by atoms with van der Waals surface area (Å²) in [5, 5.41) is 0. The highest BCUT2D eigenvalue weighted by Crippen LogP contribution is 2.41. The molecule has 1 heteroatoms. The van der Waals surface area contributed by atoms with E-state index in [1.807, 2.05) is 0 Å². The van der Waals surface area contributed by atoms with E-state index in [2.05, 4.69) is 12.1 Å². The molecule has 0 aliphatic heterocycles. The first-order chi connectivity index (χ1) is 11.9. The van der Waals surface area contributed by atoms with Crippen molar-refractivity contribution in [1.29, 1.82) is 0 Å². The average molecular weight is 328 g/mol. The standard InChI is InChI=1S/C23H35O/c1-4-10-18(11-5-1)21-16-22(19-12-6-2-7-13-19)24-23(17-21)20-14-8-3-9-15-20/h16-20H,1-15H2/q+1. The highest BCUT2D eigenvalue weighted by molar-refractivity contribution is 5.26. The Hall–Kier alpha value is -0.850. The molecule has 1 nitrogen and oxygen atoms in total. The molecule has 3 saturated carbocycles. The van der Waals surface area contributed by atoms with E-state index in [1.54, 1.807) is 5.56 Å². The van der Waals surface area contributed by atoms with Crippen LogP contribution in [0.3, 0.4) is 0 Å². The molecular formula is C23H35O+. The predicted molar refractivity (Wildman–Crippen MR) is 101 cm³/mol. The van der Waals surface area contributed by atoms with Crippen LogP contribution in [0.5, 0.6) is 0 Å². The Kier molecular flexibility index (Phi) is 5.55. The number of rotatable bonds is 3. The van der Waals surface area contributed by atoms with Gasteiger partial charge >= 0.3 is 11.5 Å². The minimum Gasteiger partial charge on any atom is -0.217 e. The summed E-state index contributed by atoms with van der Waals surface area (Å²) in [4.78, 5) is 0. The van der Waals surface area contributed by atoms with Crippen molar-refractivity contribution in [1.82, 2.24) is 0 Å². The van der Waals surface area contributed by atoms with Gasteiger partial charge in [-0.25, -0.2) is 4.42 Å². The third-order valence-corrected chi connectivity index (χ3v) is 6.95. The molecule has 0 spiro atoms. The number of hydrogen-bond acceptors (Lipinski definition) is 0. The Morgan fingerprint density at radius 2 is 0.875 bits per heavy atom. The minimum atomic E-state index is 0.699. The molecule has 0 radical (unpaired) electrons. The van der Waals surface area contributed by atoms with Crippen LogP contribution < -0.4 is 0 Å². The van der Waals surface area contributed by atoms with Crippen LogP contribution in [0.1, 0.15) is 131 Å². The maximum Gasteiger partial charge on any atom is 0.332 e. The molecule has 3 aliphatic carbocycles. The van der Waals surface area contributed by atoms with Gasteiger partial charge in [0.25, 0.3) is 0 Å². The van der Waals surface area contributed by atoms with E-state index in [4.69, 9.17) is 4.42 Å². The Morgan fingerprint density at radius 1 is 0.500 bits per heavy atom. The van der Waals surface area contributed by atoms with E-state index in [9.17, 15) is 0 Å². The van der Waals surface area contributed by atoms with Gasteiger partial charge in [0, 0.05) is 12.1 Å². The van der Waals surface area contributed by atoms with Crippen molar-refractivity contribution in [3.8, 4) is 0 Å². The average Bonchev–Trinajstić information content (AvgIpc) is 2.70. The summed E-state index contributed by atoms with van der Waals surface area (Å²) in [6.07, 6.45) is 20.9. The Bertz CT molecular complexity index is 428. The lowest BCUT2D eigenvalue weighted by molar-refractivity contribution is 0.314. The molecular weight excluding hydrogens is 292 g/mol. The molecule has 3 fully saturated rings. The van der Waals surface area contributed by atoms with Gasteiger partial charge in [-0.15, -0.1) is 0 Å². The monoisotopic (exact) mass is 327 g/mol. The van der Waals surface area contributed by atoms with Gasteiger partial charge < -0.3 is 0 Å². The topological polar surface area (TPSA) is 11.3 Å². The summed E-state index contributed by atoms with van der Waals surface area (Å²) >= 11 is 0. The maximum absolute atomic E-state index is 6.59. The molecule has 4 rings (SSSR count). The van der Waals surface area contributed by atoms with Crippen molar-refractivity contribution in [2.45, 2.75) is 114 Å². The van der Waals surface area contributed by atoms with Gasteiger partial charge in [-0.05, 0) is 50.0 Å². The van der Waals surface area contributed by atoms with Gasteiger partial charge in [0.1, 0.15) is 0 Å². The molecule has 0 bridgehead atoms. The second kappa shape index (κ2) is 8.02. The quantitative estimate of drug-likeness (QED) is 0.517. The Morgan fingerprint density at radius 3 is 1.29 bits per heavy atom. The molecule has 1 aromatic heterocycles.